The van der Waals surface area contributed by atoms with Crippen LogP contribution in [0.5, 0.6) is 0 Å². The molecule has 0 heterocycles. The summed E-state index contributed by atoms with van der Waals surface area (Å²) in [5.74, 6) is -1.80. The molecule has 9 heteroatoms. The van der Waals surface area contributed by atoms with Crippen LogP contribution in [0.15, 0.2) is 88.9 Å². The summed E-state index contributed by atoms with van der Waals surface area (Å²) in [5.41, 5.74) is 3.79. The van der Waals surface area contributed by atoms with Gasteiger partial charge >= 0.3 is 5.97 Å². The van der Waals surface area contributed by atoms with E-state index >= 15 is 0 Å². The lowest BCUT2D eigenvalue weighted by molar-refractivity contribution is -0.119. The van der Waals surface area contributed by atoms with E-state index in [9.17, 15) is 23.1 Å². The molecule has 0 radical (unpaired) electrons. The van der Waals surface area contributed by atoms with Crippen molar-refractivity contribution in [2.24, 2.45) is 5.10 Å². The van der Waals surface area contributed by atoms with Crippen LogP contribution in [0.2, 0.25) is 0 Å². The first kappa shape index (κ1) is 23.7. The van der Waals surface area contributed by atoms with E-state index in [1.165, 1.54) is 24.4 Å². The minimum atomic E-state index is -4.03. The van der Waals surface area contributed by atoms with Crippen molar-refractivity contribution in [1.82, 2.24) is 5.43 Å². The van der Waals surface area contributed by atoms with Crippen molar-refractivity contribution in [3.8, 4) is 0 Å². The molecule has 0 atom stereocenters. The van der Waals surface area contributed by atoms with Gasteiger partial charge in [0.1, 0.15) is 6.54 Å². The molecule has 0 aromatic heterocycles. The van der Waals surface area contributed by atoms with Crippen molar-refractivity contribution in [2.75, 3.05) is 10.8 Å². The lowest BCUT2D eigenvalue weighted by atomic mass is 10.1. The molecule has 0 aliphatic rings. The third-order valence-electron chi connectivity index (χ3n) is 4.84. The predicted octanol–water partition coefficient (Wildman–Crippen LogP) is 3.29. The van der Waals surface area contributed by atoms with Gasteiger partial charge in [0.15, 0.2) is 0 Å². The van der Waals surface area contributed by atoms with Gasteiger partial charge in [0.05, 0.1) is 22.4 Å². The molecule has 0 saturated heterocycles. The summed E-state index contributed by atoms with van der Waals surface area (Å²) >= 11 is 0. The number of aromatic carboxylic acids is 1. The molecule has 0 spiro atoms. The number of nitrogens with zero attached hydrogens (tertiary/aromatic N) is 2. The van der Waals surface area contributed by atoms with E-state index in [1.54, 1.807) is 54.6 Å². The standard InChI is InChI=1S/C24H23N3O5S/c1-2-18-10-7-9-15-22(18)27(33(31,32)20-12-4-3-5-13-20)17-23(28)26-25-16-19-11-6-8-14-21(19)24(29)30/h3-16H,2,17H2,1H3,(H,26,28)(H,29,30)/b25-16-. The summed E-state index contributed by atoms with van der Waals surface area (Å²) in [5, 5.41) is 13.1. The molecule has 33 heavy (non-hydrogen) atoms. The Labute approximate surface area is 192 Å². The fourth-order valence-corrected chi connectivity index (χ4v) is 4.70. The first-order valence-corrected chi connectivity index (χ1v) is 11.6. The quantitative estimate of drug-likeness (QED) is 0.372. The molecule has 170 valence electrons. The average molecular weight is 466 g/mol. The van der Waals surface area contributed by atoms with Gasteiger partial charge < -0.3 is 5.11 Å². The van der Waals surface area contributed by atoms with Gasteiger partial charge in [-0.05, 0) is 36.2 Å². The second-order valence-electron chi connectivity index (χ2n) is 6.99. The SMILES string of the molecule is CCc1ccccc1N(CC(=O)N/N=C\c1ccccc1C(=O)O)S(=O)(=O)c1ccccc1. The van der Waals surface area contributed by atoms with Gasteiger partial charge in [-0.2, -0.15) is 5.10 Å². The Balaban J connectivity index is 1.88. The monoisotopic (exact) mass is 465 g/mol. The predicted molar refractivity (Wildman–Crippen MR) is 126 cm³/mol. The van der Waals surface area contributed by atoms with Gasteiger partial charge in [0, 0.05) is 5.56 Å². The number of benzene rings is 3. The Morgan fingerprint density at radius 3 is 2.30 bits per heavy atom. The molecule has 3 aromatic rings. The highest BCUT2D eigenvalue weighted by Gasteiger charge is 2.28. The number of amides is 1. The van der Waals surface area contributed by atoms with Crippen LogP contribution in [0.3, 0.4) is 0 Å². The highest BCUT2D eigenvalue weighted by molar-refractivity contribution is 7.92. The molecule has 0 saturated carbocycles. The topological polar surface area (TPSA) is 116 Å². The molecular formula is C24H23N3O5S. The molecule has 0 fully saturated rings. The molecule has 0 unspecified atom stereocenters. The van der Waals surface area contributed by atoms with Crippen LogP contribution in [-0.2, 0) is 21.2 Å². The lowest BCUT2D eigenvalue weighted by Gasteiger charge is -2.25. The molecule has 8 nitrogen and oxygen atoms in total. The van der Waals surface area contributed by atoms with E-state index in [-0.39, 0.29) is 10.5 Å². The van der Waals surface area contributed by atoms with Gasteiger partial charge in [0.25, 0.3) is 15.9 Å². The number of hydrogen-bond acceptors (Lipinski definition) is 5. The number of hydrogen-bond donors (Lipinski definition) is 2. The summed E-state index contributed by atoms with van der Waals surface area (Å²) in [4.78, 5) is 24.0. The van der Waals surface area contributed by atoms with Gasteiger partial charge in [-0.3, -0.25) is 9.10 Å². The highest BCUT2D eigenvalue weighted by atomic mass is 32.2. The maximum absolute atomic E-state index is 13.4. The molecule has 0 bridgehead atoms. The van der Waals surface area contributed by atoms with Gasteiger partial charge in [-0.15, -0.1) is 0 Å². The third kappa shape index (κ3) is 5.64. The lowest BCUT2D eigenvalue weighted by Crippen LogP contribution is -2.40. The Hall–Kier alpha value is -3.98. The summed E-state index contributed by atoms with van der Waals surface area (Å²) in [7, 11) is -4.03. The minimum Gasteiger partial charge on any atom is -0.478 e. The summed E-state index contributed by atoms with van der Waals surface area (Å²) in [6.07, 6.45) is 1.78. The van der Waals surface area contributed by atoms with Crippen LogP contribution < -0.4 is 9.73 Å². The summed E-state index contributed by atoms with van der Waals surface area (Å²) < 4.78 is 27.8. The highest BCUT2D eigenvalue weighted by Crippen LogP contribution is 2.27. The van der Waals surface area contributed by atoms with E-state index < -0.39 is 28.4 Å². The van der Waals surface area contributed by atoms with Crippen molar-refractivity contribution in [1.29, 1.82) is 0 Å². The molecule has 0 aliphatic carbocycles. The number of para-hydroxylation sites is 1. The van der Waals surface area contributed by atoms with Gasteiger partial charge in [-0.25, -0.2) is 18.6 Å². The zero-order valence-electron chi connectivity index (χ0n) is 17.9. The molecule has 0 aliphatic heterocycles. The first-order chi connectivity index (χ1) is 15.8. The number of sulfonamides is 1. The minimum absolute atomic E-state index is 0.0284. The summed E-state index contributed by atoms with van der Waals surface area (Å²) in [6.45, 7) is 1.39. The number of rotatable bonds is 9. The number of carboxylic acid groups (broad SMARTS) is 1. The third-order valence-corrected chi connectivity index (χ3v) is 6.62. The second kappa shape index (κ2) is 10.6. The van der Waals surface area contributed by atoms with E-state index in [2.05, 4.69) is 10.5 Å². The van der Waals surface area contributed by atoms with Crippen molar-refractivity contribution in [2.45, 2.75) is 18.2 Å². The Kier molecular flexibility index (Phi) is 7.57. The number of carboxylic acids is 1. The fourth-order valence-electron chi connectivity index (χ4n) is 3.22. The van der Waals surface area contributed by atoms with Crippen molar-refractivity contribution < 1.29 is 23.1 Å². The number of aryl methyl sites for hydroxylation is 1. The molecule has 3 aromatic carbocycles. The van der Waals surface area contributed by atoms with Crippen molar-refractivity contribution in [3.05, 3.63) is 95.6 Å². The van der Waals surface area contributed by atoms with Crippen molar-refractivity contribution >= 4 is 33.8 Å². The van der Waals surface area contributed by atoms with E-state index in [1.807, 2.05) is 13.0 Å². The number of hydrazone groups is 1. The van der Waals surface area contributed by atoms with Crippen LogP contribution in [0.25, 0.3) is 0 Å². The second-order valence-corrected chi connectivity index (χ2v) is 8.85. The van der Waals surface area contributed by atoms with Crippen LogP contribution >= 0.6 is 0 Å². The van der Waals surface area contributed by atoms with Crippen LogP contribution in [-0.4, -0.2) is 38.2 Å². The van der Waals surface area contributed by atoms with E-state index in [4.69, 9.17) is 0 Å². The molecule has 1 amide bonds. The summed E-state index contributed by atoms with van der Waals surface area (Å²) in [6, 6.07) is 21.0. The van der Waals surface area contributed by atoms with E-state index in [0.717, 1.165) is 9.87 Å². The van der Waals surface area contributed by atoms with Crippen LogP contribution in [0.1, 0.15) is 28.4 Å². The van der Waals surface area contributed by atoms with Gasteiger partial charge in [0.2, 0.25) is 0 Å². The largest absolute Gasteiger partial charge is 0.478 e. The number of anilines is 1. The maximum Gasteiger partial charge on any atom is 0.336 e. The fraction of sp³-hybridized carbons (Fsp3) is 0.125. The van der Waals surface area contributed by atoms with Crippen LogP contribution in [0.4, 0.5) is 5.69 Å². The molecular weight excluding hydrogens is 442 g/mol. The zero-order valence-corrected chi connectivity index (χ0v) is 18.7. The zero-order chi connectivity index (χ0) is 23.8. The van der Waals surface area contributed by atoms with Gasteiger partial charge in [-0.1, -0.05) is 61.5 Å². The van der Waals surface area contributed by atoms with E-state index in [0.29, 0.717) is 17.7 Å². The number of carbonyl (C=O) groups excluding carboxylic acids is 1. The Morgan fingerprint density at radius 2 is 1.61 bits per heavy atom. The smallest absolute Gasteiger partial charge is 0.336 e. The Morgan fingerprint density at radius 1 is 0.970 bits per heavy atom. The molecule has 3 rings (SSSR count). The number of carbonyl (C=O) groups is 2. The van der Waals surface area contributed by atoms with Crippen molar-refractivity contribution in [3.63, 3.8) is 0 Å². The average Bonchev–Trinajstić information content (AvgIpc) is 2.83. The van der Waals surface area contributed by atoms with Crippen LogP contribution in [0, 0.1) is 0 Å². The number of nitrogens with one attached hydrogen (secondary N) is 1. The first-order valence-electron chi connectivity index (χ1n) is 10.1. The molecule has 2 N–H and O–H groups in total. The Bertz CT molecular complexity index is 1270. The normalized spacial score (nSPS) is 11.3. The maximum atomic E-state index is 13.4.